The summed E-state index contributed by atoms with van der Waals surface area (Å²) in [7, 11) is 0. The van der Waals surface area contributed by atoms with Gasteiger partial charge in [-0.1, -0.05) is 176 Å². The van der Waals surface area contributed by atoms with Gasteiger partial charge in [0.2, 0.25) is 0 Å². The van der Waals surface area contributed by atoms with E-state index in [0.717, 1.165) is 4.24 Å². The predicted molar refractivity (Wildman–Crippen MR) is 189 cm³/mol. The highest BCUT2D eigenvalue weighted by Crippen LogP contribution is 2.62. The van der Waals surface area contributed by atoms with Crippen molar-refractivity contribution in [1.82, 2.24) is 0 Å². The summed E-state index contributed by atoms with van der Waals surface area (Å²) < 4.78 is 5.35. The number of carboxylic acid groups (broad SMARTS) is 1. The summed E-state index contributed by atoms with van der Waals surface area (Å²) in [5.41, 5.74) is 0. The van der Waals surface area contributed by atoms with Crippen LogP contribution in [-0.4, -0.2) is 22.6 Å². The molecule has 0 aromatic rings. The highest BCUT2D eigenvalue weighted by Gasteiger charge is 2.28. The van der Waals surface area contributed by atoms with Crippen molar-refractivity contribution in [3.05, 3.63) is 27.3 Å². The second-order valence-corrected chi connectivity index (χ2v) is 17.6. The topological polar surface area (TPSA) is 37.3 Å². The Kier molecular flexibility index (Phi) is 22.4. The van der Waals surface area contributed by atoms with Gasteiger partial charge in [-0.05, 0) is 29.8 Å². The third kappa shape index (κ3) is 16.9. The van der Waals surface area contributed by atoms with E-state index in [-0.39, 0.29) is 0 Å². The van der Waals surface area contributed by atoms with E-state index < -0.39 is 5.97 Å². The fourth-order valence-electron chi connectivity index (χ4n) is 4.48. The molecule has 0 aliphatic carbocycles. The van der Waals surface area contributed by atoms with Crippen LogP contribution >= 0.6 is 70.6 Å². The fraction of sp³-hybridized carbons (Fsp3) is 0.774. The first-order valence-corrected chi connectivity index (χ1v) is 20.8. The summed E-state index contributed by atoms with van der Waals surface area (Å²) in [6, 6.07) is 0. The van der Waals surface area contributed by atoms with Crippen molar-refractivity contribution < 1.29 is 9.90 Å². The van der Waals surface area contributed by atoms with Gasteiger partial charge in [0.25, 0.3) is 0 Å². The zero-order valence-corrected chi connectivity index (χ0v) is 29.3. The first-order valence-electron chi connectivity index (χ1n) is 15.5. The Bertz CT molecular complexity index is 737. The van der Waals surface area contributed by atoms with Crippen molar-refractivity contribution in [3.8, 4) is 0 Å². The Morgan fingerprint density at radius 3 is 1.33 bits per heavy atom. The zero-order chi connectivity index (χ0) is 28.0. The maximum atomic E-state index is 11.4. The van der Waals surface area contributed by atoms with Gasteiger partial charge in [-0.3, -0.25) is 0 Å². The fourth-order valence-corrected chi connectivity index (χ4v) is 12.9. The molecule has 0 atom stereocenters. The summed E-state index contributed by atoms with van der Waals surface area (Å²) in [6.07, 6.45) is 27.6. The molecule has 0 bridgehead atoms. The van der Waals surface area contributed by atoms with Gasteiger partial charge in [0.1, 0.15) is 4.91 Å². The van der Waals surface area contributed by atoms with E-state index in [0.29, 0.717) is 4.91 Å². The van der Waals surface area contributed by atoms with E-state index >= 15 is 0 Å². The Morgan fingerprint density at radius 2 is 0.974 bits per heavy atom. The molecule has 0 aromatic carbocycles. The minimum atomic E-state index is -0.810. The Balaban J connectivity index is 1.67. The highest BCUT2D eigenvalue weighted by atomic mass is 32.3. The Labute approximate surface area is 265 Å². The van der Waals surface area contributed by atoms with Gasteiger partial charge in [-0.25, -0.2) is 4.79 Å². The van der Waals surface area contributed by atoms with E-state index in [2.05, 4.69) is 13.8 Å². The number of aliphatic carboxylic acids is 1. The number of hydrogen-bond donors (Lipinski definition) is 1. The predicted octanol–water partition coefficient (Wildman–Crippen LogP) is 13.4. The number of unbranched alkanes of at least 4 members (excludes halogenated alkanes) is 18. The summed E-state index contributed by atoms with van der Waals surface area (Å²) in [5, 5.41) is 11.2. The molecular formula is C31H52O2S6. The van der Waals surface area contributed by atoms with Crippen LogP contribution in [0.5, 0.6) is 0 Å². The molecule has 0 fully saturated rings. The Hall–Kier alpha value is 0.790. The van der Waals surface area contributed by atoms with Crippen molar-refractivity contribution in [2.24, 2.45) is 0 Å². The van der Waals surface area contributed by atoms with E-state index in [1.165, 1.54) is 164 Å². The van der Waals surface area contributed by atoms with E-state index in [1.54, 1.807) is 17.2 Å². The molecule has 2 aliphatic heterocycles. The smallest absolute Gasteiger partial charge is 0.343 e. The van der Waals surface area contributed by atoms with Gasteiger partial charge in [-0.2, -0.15) is 0 Å². The molecule has 2 rings (SSSR count). The lowest BCUT2D eigenvalue weighted by molar-refractivity contribution is -0.131. The van der Waals surface area contributed by atoms with Crippen LogP contribution in [0.3, 0.4) is 0 Å². The number of rotatable bonds is 25. The van der Waals surface area contributed by atoms with Crippen LogP contribution in [0.15, 0.2) is 27.3 Å². The van der Waals surface area contributed by atoms with Crippen molar-refractivity contribution in [1.29, 1.82) is 0 Å². The molecule has 0 amide bonds. The van der Waals surface area contributed by atoms with Crippen LogP contribution < -0.4 is 0 Å². The highest BCUT2D eigenvalue weighted by molar-refractivity contribution is 8.42. The lowest BCUT2D eigenvalue weighted by Crippen LogP contribution is -1.92. The van der Waals surface area contributed by atoms with Gasteiger partial charge in [0.15, 0.2) is 0 Å². The van der Waals surface area contributed by atoms with Crippen LogP contribution in [0.1, 0.15) is 142 Å². The van der Waals surface area contributed by atoms with Crippen molar-refractivity contribution in [2.45, 2.75) is 142 Å². The van der Waals surface area contributed by atoms with Crippen LogP contribution in [0.2, 0.25) is 0 Å². The van der Waals surface area contributed by atoms with Gasteiger partial charge >= 0.3 is 5.97 Å². The molecule has 0 unspecified atom stereocenters. The third-order valence-corrected chi connectivity index (χ3v) is 15.4. The largest absolute Gasteiger partial charge is 0.477 e. The first-order chi connectivity index (χ1) is 19.2. The minimum absolute atomic E-state index is 0.453. The zero-order valence-electron chi connectivity index (χ0n) is 24.4. The van der Waals surface area contributed by atoms with Crippen LogP contribution in [0.25, 0.3) is 0 Å². The molecule has 1 N–H and O–H groups in total. The average Bonchev–Trinajstić information content (AvgIpc) is 3.58. The molecule has 2 nitrogen and oxygen atoms in total. The molecule has 0 radical (unpaired) electrons. The van der Waals surface area contributed by atoms with E-state index in [1.807, 2.05) is 47.0 Å². The minimum Gasteiger partial charge on any atom is -0.477 e. The monoisotopic (exact) mass is 648 g/mol. The van der Waals surface area contributed by atoms with Gasteiger partial charge in [0, 0.05) is 0 Å². The number of carbonyl (C=O) groups is 1. The maximum Gasteiger partial charge on any atom is 0.343 e. The molecule has 2 heterocycles. The van der Waals surface area contributed by atoms with E-state index in [9.17, 15) is 9.90 Å². The Morgan fingerprint density at radius 1 is 0.590 bits per heavy atom. The molecule has 2 aliphatic rings. The van der Waals surface area contributed by atoms with Gasteiger partial charge < -0.3 is 5.11 Å². The second-order valence-electron chi connectivity index (χ2n) is 10.4. The maximum absolute atomic E-state index is 11.4. The summed E-state index contributed by atoms with van der Waals surface area (Å²) >= 11 is 10.9. The standard InChI is InChI=1S/C31H52O2S6/c1-3-5-7-9-11-13-15-17-19-21-23-34-28-29(35-24-22-20-18-16-14-12-10-8-6-4-2)39-31(38-28)30-36-25-26(37-30)27(32)33/h25H,3-24H2,1-2H3,(H,32,33). The van der Waals surface area contributed by atoms with Crippen molar-refractivity contribution >= 4 is 76.5 Å². The van der Waals surface area contributed by atoms with Crippen LogP contribution in [0, 0.1) is 0 Å². The quantitative estimate of drug-likeness (QED) is 0.0980. The number of carboxylic acids is 1. The molecule has 39 heavy (non-hydrogen) atoms. The lowest BCUT2D eigenvalue weighted by atomic mass is 10.1. The number of hydrogen-bond acceptors (Lipinski definition) is 7. The number of thioether (sulfide) groups is 6. The summed E-state index contributed by atoms with van der Waals surface area (Å²) in [5.74, 6) is 1.59. The molecule has 0 saturated heterocycles. The first kappa shape index (κ1) is 36.0. The van der Waals surface area contributed by atoms with Crippen molar-refractivity contribution in [2.75, 3.05) is 11.5 Å². The molecule has 0 saturated carbocycles. The third-order valence-electron chi connectivity index (χ3n) is 6.85. The summed E-state index contributed by atoms with van der Waals surface area (Å²) in [4.78, 5) is 11.8. The van der Waals surface area contributed by atoms with Crippen molar-refractivity contribution in [3.63, 3.8) is 0 Å². The van der Waals surface area contributed by atoms with Gasteiger partial charge in [0.05, 0.1) is 16.9 Å². The van der Waals surface area contributed by atoms with Crippen LogP contribution in [-0.2, 0) is 4.79 Å². The molecular weight excluding hydrogens is 597 g/mol. The second kappa shape index (κ2) is 24.3. The van der Waals surface area contributed by atoms with Gasteiger partial charge in [-0.15, -0.1) is 23.5 Å². The average molecular weight is 649 g/mol. The molecule has 0 aromatic heterocycles. The lowest BCUT2D eigenvalue weighted by Gasteiger charge is -2.06. The normalized spacial score (nSPS) is 15.6. The summed E-state index contributed by atoms with van der Waals surface area (Å²) in [6.45, 7) is 4.57. The molecule has 0 spiro atoms. The van der Waals surface area contributed by atoms with E-state index in [4.69, 9.17) is 0 Å². The molecule has 224 valence electrons. The van der Waals surface area contributed by atoms with Crippen LogP contribution in [0.4, 0.5) is 0 Å². The molecule has 8 heteroatoms. The SMILES string of the molecule is CCCCCCCCCCCCSC1=C(SCCCCCCCCCCCC)SC(=C2SC=C(C(=O)O)S2)S1.